The normalized spacial score (nSPS) is 21.4. The van der Waals surface area contributed by atoms with E-state index in [-0.39, 0.29) is 11.9 Å². The molecule has 3 heterocycles. The van der Waals surface area contributed by atoms with Gasteiger partial charge in [0.25, 0.3) is 5.91 Å². The van der Waals surface area contributed by atoms with Crippen LogP contribution in [0.4, 0.5) is 4.79 Å². The third-order valence-corrected chi connectivity index (χ3v) is 6.72. The van der Waals surface area contributed by atoms with Crippen LogP contribution in [0.2, 0.25) is 10.0 Å². The van der Waals surface area contributed by atoms with Crippen molar-refractivity contribution in [1.29, 1.82) is 0 Å². The van der Waals surface area contributed by atoms with Crippen molar-refractivity contribution < 1.29 is 9.59 Å². The molecule has 1 saturated heterocycles. The molecular formula is C23H21Cl2N3O2. The Morgan fingerprint density at radius 2 is 1.77 bits per heavy atom. The van der Waals surface area contributed by atoms with E-state index in [1.165, 1.54) is 4.90 Å². The molecule has 0 saturated carbocycles. The number of rotatable bonds is 1. The lowest BCUT2D eigenvalue weighted by atomic mass is 9.89. The fourth-order valence-corrected chi connectivity index (χ4v) is 5.03. The highest BCUT2D eigenvalue weighted by atomic mass is 35.5. The summed E-state index contributed by atoms with van der Waals surface area (Å²) in [5.41, 5.74) is 3.19. The summed E-state index contributed by atoms with van der Waals surface area (Å²) in [4.78, 5) is 33.5. The Balaban J connectivity index is 1.76. The van der Waals surface area contributed by atoms with Crippen LogP contribution in [0, 0.1) is 0 Å². The summed E-state index contributed by atoms with van der Waals surface area (Å²) >= 11 is 12.5. The first-order chi connectivity index (χ1) is 14.2. The number of benzene rings is 2. The van der Waals surface area contributed by atoms with Gasteiger partial charge in [0.2, 0.25) is 0 Å². The van der Waals surface area contributed by atoms with E-state index in [0.717, 1.165) is 27.7 Å². The Morgan fingerprint density at radius 1 is 1.03 bits per heavy atom. The number of carbonyl (C=O) groups is 2. The number of halogens is 2. The van der Waals surface area contributed by atoms with Crippen molar-refractivity contribution in [1.82, 2.24) is 14.8 Å². The molecule has 0 unspecified atom stereocenters. The number of hydrogen-bond acceptors (Lipinski definition) is 2. The molecule has 3 amide bonds. The third kappa shape index (κ3) is 2.69. The number of amides is 3. The molecule has 0 spiro atoms. The SMILES string of the molecule is CC(C)(C)N1C(=O)[C@@H]2Cc3c([nH]c4ccccc34)[C@H](c3ccc(Cl)c(Cl)c3)N2C1=O. The molecule has 2 atom stereocenters. The van der Waals surface area contributed by atoms with E-state index in [1.54, 1.807) is 17.0 Å². The van der Waals surface area contributed by atoms with Crippen LogP contribution in [0.1, 0.15) is 43.6 Å². The van der Waals surface area contributed by atoms with E-state index < -0.39 is 17.6 Å². The number of nitrogens with zero attached hydrogens (tertiary/aromatic N) is 2. The zero-order valence-electron chi connectivity index (χ0n) is 16.9. The summed E-state index contributed by atoms with van der Waals surface area (Å²) in [6.45, 7) is 5.64. The third-order valence-electron chi connectivity index (χ3n) is 5.98. The number of fused-ring (bicyclic) bond motifs is 4. The van der Waals surface area contributed by atoms with Gasteiger partial charge >= 0.3 is 6.03 Å². The highest BCUT2D eigenvalue weighted by molar-refractivity contribution is 6.42. The molecule has 2 aliphatic rings. The number of urea groups is 1. The maximum absolute atomic E-state index is 13.5. The van der Waals surface area contributed by atoms with E-state index in [4.69, 9.17) is 23.2 Å². The number of H-pyrrole nitrogens is 1. The lowest BCUT2D eigenvalue weighted by Crippen LogP contribution is -2.46. The number of para-hydroxylation sites is 1. The first kappa shape index (κ1) is 19.5. The van der Waals surface area contributed by atoms with Crippen molar-refractivity contribution >= 4 is 46.0 Å². The van der Waals surface area contributed by atoms with Crippen LogP contribution in [-0.2, 0) is 11.2 Å². The summed E-state index contributed by atoms with van der Waals surface area (Å²) in [6.07, 6.45) is 0.480. The highest BCUT2D eigenvalue weighted by Crippen LogP contribution is 2.45. The fraction of sp³-hybridized carbons (Fsp3) is 0.304. The molecule has 2 aliphatic heterocycles. The fourth-order valence-electron chi connectivity index (χ4n) is 4.72. The summed E-state index contributed by atoms with van der Waals surface area (Å²) in [5, 5.41) is 1.94. The molecule has 1 N–H and O–H groups in total. The molecular weight excluding hydrogens is 421 g/mol. The second-order valence-electron chi connectivity index (χ2n) is 8.89. The molecule has 0 aliphatic carbocycles. The molecule has 7 heteroatoms. The summed E-state index contributed by atoms with van der Waals surface area (Å²) in [6, 6.07) is 12.1. The number of imide groups is 1. The van der Waals surface area contributed by atoms with Crippen LogP contribution in [0.25, 0.3) is 10.9 Å². The predicted molar refractivity (Wildman–Crippen MR) is 118 cm³/mol. The van der Waals surface area contributed by atoms with Crippen LogP contribution in [0.15, 0.2) is 42.5 Å². The number of hydrogen-bond donors (Lipinski definition) is 1. The molecule has 5 rings (SSSR count). The van der Waals surface area contributed by atoms with Gasteiger partial charge in [-0.3, -0.25) is 14.6 Å². The zero-order chi connectivity index (χ0) is 21.4. The summed E-state index contributed by atoms with van der Waals surface area (Å²) in [7, 11) is 0. The van der Waals surface area contributed by atoms with E-state index in [9.17, 15) is 9.59 Å². The van der Waals surface area contributed by atoms with Crippen molar-refractivity contribution in [2.75, 3.05) is 0 Å². The molecule has 2 aromatic carbocycles. The molecule has 0 radical (unpaired) electrons. The Hall–Kier alpha value is -2.50. The highest BCUT2D eigenvalue weighted by Gasteiger charge is 2.55. The van der Waals surface area contributed by atoms with Gasteiger partial charge in [-0.2, -0.15) is 0 Å². The Bertz CT molecular complexity index is 1210. The van der Waals surface area contributed by atoms with Crippen molar-refractivity contribution in [3.8, 4) is 0 Å². The van der Waals surface area contributed by atoms with Crippen molar-refractivity contribution in [2.45, 2.75) is 44.8 Å². The lowest BCUT2D eigenvalue weighted by molar-refractivity contribution is -0.131. The van der Waals surface area contributed by atoms with Gasteiger partial charge in [0.05, 0.1) is 10.0 Å². The Kier molecular flexibility index (Phi) is 4.21. The van der Waals surface area contributed by atoms with Gasteiger partial charge in [-0.25, -0.2) is 4.79 Å². The molecule has 1 aromatic heterocycles. The molecule has 154 valence electrons. The van der Waals surface area contributed by atoms with Crippen LogP contribution in [0.3, 0.4) is 0 Å². The monoisotopic (exact) mass is 441 g/mol. The first-order valence-electron chi connectivity index (χ1n) is 9.89. The van der Waals surface area contributed by atoms with Crippen LogP contribution in [-0.4, -0.2) is 38.3 Å². The number of nitrogens with one attached hydrogen (secondary N) is 1. The standard InChI is InChI=1S/C23H21Cl2N3O2/c1-23(2,3)28-21(29)18-11-14-13-6-4-5-7-17(13)26-19(14)20(27(18)22(28)30)12-8-9-15(24)16(25)10-12/h4-10,18,20,26H,11H2,1-3H3/t18-,20-/m0/s1. The largest absolute Gasteiger partial charge is 0.356 e. The predicted octanol–water partition coefficient (Wildman–Crippen LogP) is 5.55. The van der Waals surface area contributed by atoms with Gasteiger partial charge in [0.15, 0.2) is 0 Å². The number of aromatic nitrogens is 1. The minimum Gasteiger partial charge on any atom is -0.356 e. The molecule has 5 nitrogen and oxygen atoms in total. The van der Waals surface area contributed by atoms with Gasteiger partial charge in [-0.1, -0.05) is 47.5 Å². The Labute approximate surface area is 184 Å². The number of carbonyl (C=O) groups excluding carboxylic acids is 2. The molecule has 0 bridgehead atoms. The first-order valence-corrected chi connectivity index (χ1v) is 10.6. The zero-order valence-corrected chi connectivity index (χ0v) is 18.4. The van der Waals surface area contributed by atoms with Crippen LogP contribution in [0.5, 0.6) is 0 Å². The van der Waals surface area contributed by atoms with Crippen LogP contribution >= 0.6 is 23.2 Å². The molecule has 1 fully saturated rings. The van der Waals surface area contributed by atoms with E-state index >= 15 is 0 Å². The van der Waals surface area contributed by atoms with Gasteiger partial charge in [0, 0.05) is 28.6 Å². The maximum Gasteiger partial charge on any atom is 0.328 e. The minimum absolute atomic E-state index is 0.159. The van der Waals surface area contributed by atoms with Crippen molar-refractivity contribution in [3.63, 3.8) is 0 Å². The van der Waals surface area contributed by atoms with Gasteiger partial charge in [0.1, 0.15) is 12.1 Å². The Morgan fingerprint density at radius 3 is 2.47 bits per heavy atom. The van der Waals surface area contributed by atoms with Crippen molar-refractivity contribution in [3.05, 3.63) is 69.3 Å². The number of aromatic amines is 1. The molecule has 3 aromatic rings. The average molecular weight is 442 g/mol. The topological polar surface area (TPSA) is 56.4 Å². The van der Waals surface area contributed by atoms with Gasteiger partial charge < -0.3 is 4.98 Å². The van der Waals surface area contributed by atoms with E-state index in [2.05, 4.69) is 11.1 Å². The second-order valence-corrected chi connectivity index (χ2v) is 9.71. The lowest BCUT2D eigenvalue weighted by Gasteiger charge is -2.36. The van der Waals surface area contributed by atoms with E-state index in [0.29, 0.717) is 16.5 Å². The second kappa shape index (κ2) is 6.50. The molecule has 30 heavy (non-hydrogen) atoms. The summed E-state index contributed by atoms with van der Waals surface area (Å²) < 4.78 is 0. The average Bonchev–Trinajstić information content (AvgIpc) is 3.17. The van der Waals surface area contributed by atoms with Crippen LogP contribution < -0.4 is 0 Å². The maximum atomic E-state index is 13.5. The van der Waals surface area contributed by atoms with Gasteiger partial charge in [-0.15, -0.1) is 0 Å². The van der Waals surface area contributed by atoms with Gasteiger partial charge in [-0.05, 0) is 50.1 Å². The quantitative estimate of drug-likeness (QED) is 0.503. The van der Waals surface area contributed by atoms with Crippen molar-refractivity contribution in [2.24, 2.45) is 0 Å². The van der Waals surface area contributed by atoms with E-state index in [1.807, 2.05) is 45.0 Å². The minimum atomic E-state index is -0.608. The smallest absolute Gasteiger partial charge is 0.328 e. The summed E-state index contributed by atoms with van der Waals surface area (Å²) in [5.74, 6) is -0.159.